The summed E-state index contributed by atoms with van der Waals surface area (Å²) in [7, 11) is 1.27. The topological polar surface area (TPSA) is 102 Å². The van der Waals surface area contributed by atoms with Crippen molar-refractivity contribution in [3.05, 3.63) is 32.8 Å². The van der Waals surface area contributed by atoms with Gasteiger partial charge in [-0.2, -0.15) is 0 Å². The molecule has 1 N–H and O–H groups in total. The van der Waals surface area contributed by atoms with Gasteiger partial charge in [0.05, 0.1) is 24.5 Å². The highest BCUT2D eigenvalue weighted by atomic mass is 35.5. The van der Waals surface area contributed by atoms with Gasteiger partial charge in [0, 0.05) is 22.9 Å². The number of nitro benzene ring substituents is 1. The van der Waals surface area contributed by atoms with E-state index < -0.39 is 22.3 Å². The molecule has 0 saturated heterocycles. The number of methoxy groups -OCH3 is 1. The quantitative estimate of drug-likeness (QED) is 0.389. The molecule has 0 aliphatic rings. The molecule has 0 heterocycles. The first-order chi connectivity index (χ1) is 9.35. The van der Waals surface area contributed by atoms with Gasteiger partial charge in [-0.25, -0.2) is 0 Å². The van der Waals surface area contributed by atoms with Crippen molar-refractivity contribution in [1.82, 2.24) is 0 Å². The average molecular weight is 301 g/mol. The van der Waals surface area contributed by atoms with Crippen LogP contribution in [0.15, 0.2) is 17.1 Å². The standard InChI is InChI=1S/C12H13ClN2O5/c1-7(3-11(16)20-2)14-6-8-4-9(13)5-10(12(8)17)15(18)19/h4-7,17H,3H2,1-2H3. The lowest BCUT2D eigenvalue weighted by Gasteiger charge is -2.05. The SMILES string of the molecule is COC(=O)CC(C)N=Cc1cc(Cl)cc([N+](=O)[O-])c1O. The molecule has 8 heteroatoms. The van der Waals surface area contributed by atoms with Gasteiger partial charge in [0.15, 0.2) is 0 Å². The van der Waals surface area contributed by atoms with E-state index in [1.165, 1.54) is 19.4 Å². The number of nitrogens with zero attached hydrogens (tertiary/aromatic N) is 2. The monoisotopic (exact) mass is 300 g/mol. The maximum atomic E-state index is 11.0. The predicted molar refractivity (Wildman–Crippen MR) is 73.5 cm³/mol. The van der Waals surface area contributed by atoms with Crippen molar-refractivity contribution in [3.8, 4) is 5.75 Å². The Hall–Kier alpha value is -2.15. The largest absolute Gasteiger partial charge is 0.502 e. The minimum absolute atomic E-state index is 0.0659. The van der Waals surface area contributed by atoms with Crippen LogP contribution in [0.5, 0.6) is 5.75 Å². The Labute approximate surface area is 120 Å². The molecule has 1 aromatic carbocycles. The summed E-state index contributed by atoms with van der Waals surface area (Å²) < 4.78 is 4.49. The van der Waals surface area contributed by atoms with E-state index in [-0.39, 0.29) is 23.0 Å². The summed E-state index contributed by atoms with van der Waals surface area (Å²) in [6.07, 6.45) is 1.30. The highest BCUT2D eigenvalue weighted by molar-refractivity contribution is 6.31. The lowest BCUT2D eigenvalue weighted by molar-refractivity contribution is -0.385. The van der Waals surface area contributed by atoms with Gasteiger partial charge < -0.3 is 9.84 Å². The molecule has 20 heavy (non-hydrogen) atoms. The Balaban J connectivity index is 2.97. The van der Waals surface area contributed by atoms with Crippen LogP contribution in [0, 0.1) is 10.1 Å². The number of aromatic hydroxyl groups is 1. The van der Waals surface area contributed by atoms with Gasteiger partial charge in [-0.1, -0.05) is 11.6 Å². The number of phenolic OH excluding ortho intramolecular Hbond substituents is 1. The van der Waals surface area contributed by atoms with Crippen molar-refractivity contribution in [3.63, 3.8) is 0 Å². The van der Waals surface area contributed by atoms with E-state index >= 15 is 0 Å². The van der Waals surface area contributed by atoms with Crippen molar-refractivity contribution >= 4 is 29.5 Å². The van der Waals surface area contributed by atoms with E-state index in [0.717, 1.165) is 6.07 Å². The van der Waals surface area contributed by atoms with Crippen LogP contribution in [0.1, 0.15) is 18.9 Å². The number of carbonyl (C=O) groups excluding carboxylic acids is 1. The second kappa shape index (κ2) is 6.85. The third-order valence-electron chi connectivity index (χ3n) is 2.44. The minimum atomic E-state index is -0.740. The summed E-state index contributed by atoms with van der Waals surface area (Å²) in [5.74, 6) is -0.940. The third kappa shape index (κ3) is 4.20. The molecule has 1 atom stereocenters. The van der Waals surface area contributed by atoms with Crippen molar-refractivity contribution in [2.75, 3.05) is 7.11 Å². The van der Waals surface area contributed by atoms with Crippen LogP contribution in [0.4, 0.5) is 5.69 Å². The summed E-state index contributed by atoms with van der Waals surface area (Å²) in [4.78, 5) is 25.0. The highest BCUT2D eigenvalue weighted by Gasteiger charge is 2.18. The lowest BCUT2D eigenvalue weighted by atomic mass is 10.2. The molecule has 0 saturated carbocycles. The molecular weight excluding hydrogens is 288 g/mol. The van der Waals surface area contributed by atoms with Gasteiger partial charge in [0.2, 0.25) is 5.75 Å². The summed E-state index contributed by atoms with van der Waals surface area (Å²) in [5, 5.41) is 20.6. The molecule has 0 radical (unpaired) electrons. The molecule has 7 nitrogen and oxygen atoms in total. The fraction of sp³-hybridized carbons (Fsp3) is 0.333. The van der Waals surface area contributed by atoms with E-state index in [2.05, 4.69) is 9.73 Å². The van der Waals surface area contributed by atoms with E-state index in [9.17, 15) is 20.0 Å². The predicted octanol–water partition coefficient (Wildman–Crippen LogP) is 2.32. The first kappa shape index (κ1) is 15.9. The van der Waals surface area contributed by atoms with Crippen LogP contribution in [-0.4, -0.2) is 35.4 Å². The molecule has 108 valence electrons. The smallest absolute Gasteiger partial charge is 0.312 e. The number of esters is 1. The maximum Gasteiger partial charge on any atom is 0.312 e. The number of aliphatic imine (C=N–C) groups is 1. The Morgan fingerprint density at radius 1 is 1.65 bits per heavy atom. The van der Waals surface area contributed by atoms with Gasteiger partial charge in [-0.15, -0.1) is 0 Å². The molecule has 0 bridgehead atoms. The summed E-state index contributed by atoms with van der Waals surface area (Å²) in [6.45, 7) is 1.67. The Morgan fingerprint density at radius 2 is 2.30 bits per heavy atom. The zero-order chi connectivity index (χ0) is 15.3. The number of nitro groups is 1. The molecule has 0 aliphatic carbocycles. The number of ether oxygens (including phenoxy) is 1. The van der Waals surface area contributed by atoms with E-state index in [4.69, 9.17) is 11.6 Å². The lowest BCUT2D eigenvalue weighted by Crippen LogP contribution is -2.09. The van der Waals surface area contributed by atoms with Gasteiger partial charge in [0.25, 0.3) is 0 Å². The maximum absolute atomic E-state index is 11.0. The number of rotatable bonds is 5. The number of benzene rings is 1. The molecule has 0 amide bonds. The number of hydrogen-bond acceptors (Lipinski definition) is 6. The van der Waals surface area contributed by atoms with Crippen LogP contribution < -0.4 is 0 Å². The normalized spacial score (nSPS) is 12.3. The molecule has 1 aromatic rings. The molecule has 0 fully saturated rings. The van der Waals surface area contributed by atoms with E-state index in [1.807, 2.05) is 0 Å². The fourth-order valence-electron chi connectivity index (χ4n) is 1.43. The van der Waals surface area contributed by atoms with Gasteiger partial charge in [-0.3, -0.25) is 19.9 Å². The second-order valence-electron chi connectivity index (χ2n) is 4.03. The van der Waals surface area contributed by atoms with Crippen molar-refractivity contribution in [1.29, 1.82) is 0 Å². The zero-order valence-electron chi connectivity index (χ0n) is 10.9. The van der Waals surface area contributed by atoms with Gasteiger partial charge in [0.1, 0.15) is 0 Å². The molecule has 1 rings (SSSR count). The van der Waals surface area contributed by atoms with E-state index in [1.54, 1.807) is 6.92 Å². The fourth-order valence-corrected chi connectivity index (χ4v) is 1.65. The average Bonchev–Trinajstić information content (AvgIpc) is 2.38. The minimum Gasteiger partial charge on any atom is -0.502 e. The number of carbonyl (C=O) groups is 1. The first-order valence-corrected chi connectivity index (χ1v) is 5.99. The number of halogens is 1. The van der Waals surface area contributed by atoms with Crippen molar-refractivity contribution < 1.29 is 19.6 Å². The molecule has 1 unspecified atom stereocenters. The summed E-state index contributed by atoms with van der Waals surface area (Å²) in [6, 6.07) is 2.00. The van der Waals surface area contributed by atoms with Gasteiger partial charge >= 0.3 is 11.7 Å². The van der Waals surface area contributed by atoms with Crippen LogP contribution in [0.2, 0.25) is 5.02 Å². The van der Waals surface area contributed by atoms with Crippen LogP contribution in [0.25, 0.3) is 0 Å². The molecule has 0 aliphatic heterocycles. The number of hydrogen-bond donors (Lipinski definition) is 1. The van der Waals surface area contributed by atoms with Gasteiger partial charge in [-0.05, 0) is 13.0 Å². The second-order valence-corrected chi connectivity index (χ2v) is 4.46. The number of phenols is 1. The Bertz CT molecular complexity index is 559. The first-order valence-electron chi connectivity index (χ1n) is 5.62. The Morgan fingerprint density at radius 3 is 2.85 bits per heavy atom. The molecule has 0 aromatic heterocycles. The van der Waals surface area contributed by atoms with Crippen LogP contribution >= 0.6 is 11.6 Å². The Kier molecular flexibility index (Phi) is 5.45. The molecule has 0 spiro atoms. The highest BCUT2D eigenvalue weighted by Crippen LogP contribution is 2.32. The van der Waals surface area contributed by atoms with E-state index in [0.29, 0.717) is 0 Å². The summed E-state index contributed by atoms with van der Waals surface area (Å²) >= 11 is 5.74. The third-order valence-corrected chi connectivity index (χ3v) is 2.66. The molecular formula is C12H13ClN2O5. The van der Waals surface area contributed by atoms with Crippen molar-refractivity contribution in [2.24, 2.45) is 4.99 Å². The van der Waals surface area contributed by atoms with Crippen molar-refractivity contribution in [2.45, 2.75) is 19.4 Å². The van der Waals surface area contributed by atoms with Crippen LogP contribution in [0.3, 0.4) is 0 Å². The van der Waals surface area contributed by atoms with Crippen LogP contribution in [-0.2, 0) is 9.53 Å². The zero-order valence-corrected chi connectivity index (χ0v) is 11.6. The summed E-state index contributed by atoms with van der Waals surface area (Å²) in [5.41, 5.74) is -0.388.